The Morgan fingerprint density at radius 2 is 1.82 bits per heavy atom. The van der Waals surface area contributed by atoms with Gasteiger partial charge in [-0.1, -0.05) is 29.8 Å². The summed E-state index contributed by atoms with van der Waals surface area (Å²) >= 11 is 0. The second-order valence-electron chi connectivity index (χ2n) is 4.95. The zero-order valence-electron chi connectivity index (χ0n) is 10.1. The summed E-state index contributed by atoms with van der Waals surface area (Å²) in [4.78, 5) is 0. The van der Waals surface area contributed by atoms with Gasteiger partial charge in [-0.05, 0) is 12.5 Å². The zero-order valence-corrected chi connectivity index (χ0v) is 10.9. The minimum absolute atomic E-state index is 0.178. The first kappa shape index (κ1) is 12.5. The van der Waals surface area contributed by atoms with Gasteiger partial charge >= 0.3 is 0 Å². The van der Waals surface area contributed by atoms with E-state index >= 15 is 0 Å². The van der Waals surface area contributed by atoms with Crippen molar-refractivity contribution in [1.29, 1.82) is 0 Å². The number of hydrogen-bond acceptors (Lipinski definition) is 4. The molecule has 0 heterocycles. The number of rotatable bonds is 3. The highest BCUT2D eigenvalue weighted by molar-refractivity contribution is 7.91. The predicted octanol–water partition coefficient (Wildman–Crippen LogP) is 0.162. The third kappa shape index (κ3) is 1.99. The Morgan fingerprint density at radius 1 is 1.29 bits per heavy atom. The van der Waals surface area contributed by atoms with Crippen molar-refractivity contribution >= 4 is 9.84 Å². The summed E-state index contributed by atoms with van der Waals surface area (Å²) in [6.45, 7) is 2.17. The number of benzene rings is 1. The lowest BCUT2D eigenvalue weighted by Crippen LogP contribution is -2.38. The Bertz CT molecular complexity index is 524. The molecule has 4 N–H and O–H groups in total. The van der Waals surface area contributed by atoms with Gasteiger partial charge in [-0.3, -0.25) is 0 Å². The van der Waals surface area contributed by atoms with Gasteiger partial charge in [-0.25, -0.2) is 8.42 Å². The molecule has 17 heavy (non-hydrogen) atoms. The van der Waals surface area contributed by atoms with Gasteiger partial charge in [0.05, 0.1) is 10.8 Å². The maximum Gasteiger partial charge on any atom is 0.152 e. The summed E-state index contributed by atoms with van der Waals surface area (Å²) in [5.41, 5.74) is 13.0. The fourth-order valence-corrected chi connectivity index (χ4v) is 4.44. The van der Waals surface area contributed by atoms with Crippen LogP contribution in [0.15, 0.2) is 24.3 Å². The van der Waals surface area contributed by atoms with Crippen molar-refractivity contribution < 1.29 is 8.42 Å². The van der Waals surface area contributed by atoms with E-state index in [1.54, 1.807) is 0 Å². The summed E-state index contributed by atoms with van der Waals surface area (Å²) in [5, 5.41) is -0.553. The molecule has 0 amide bonds. The molecular weight excluding hydrogens is 236 g/mol. The molecule has 5 heteroatoms. The van der Waals surface area contributed by atoms with Gasteiger partial charge in [0, 0.05) is 18.7 Å². The first-order chi connectivity index (χ1) is 7.80. The summed E-state index contributed by atoms with van der Waals surface area (Å²) in [7, 11) is -3.16. The van der Waals surface area contributed by atoms with E-state index in [0.717, 1.165) is 11.1 Å². The van der Waals surface area contributed by atoms with Crippen molar-refractivity contribution in [2.24, 2.45) is 11.5 Å². The molecule has 0 unspecified atom stereocenters. The monoisotopic (exact) mass is 254 g/mol. The fourth-order valence-electron chi connectivity index (χ4n) is 2.57. The van der Waals surface area contributed by atoms with Crippen LogP contribution in [-0.4, -0.2) is 32.0 Å². The van der Waals surface area contributed by atoms with Crippen LogP contribution in [0.5, 0.6) is 0 Å². The Labute approximate surface area is 102 Å². The van der Waals surface area contributed by atoms with Gasteiger partial charge in [0.1, 0.15) is 0 Å². The molecule has 0 saturated heterocycles. The number of hydrogen-bond donors (Lipinski definition) is 2. The Balaban J connectivity index is 2.37. The smallest absolute Gasteiger partial charge is 0.152 e. The lowest BCUT2D eigenvalue weighted by Gasteiger charge is -2.07. The molecule has 0 spiro atoms. The van der Waals surface area contributed by atoms with Crippen molar-refractivity contribution in [2.75, 3.05) is 12.8 Å². The average molecular weight is 254 g/mol. The van der Waals surface area contributed by atoms with E-state index in [2.05, 4.69) is 0 Å². The van der Waals surface area contributed by atoms with Crippen LogP contribution in [-0.2, 0) is 9.84 Å². The summed E-state index contributed by atoms with van der Waals surface area (Å²) in [6.07, 6.45) is 1.23. The summed E-state index contributed by atoms with van der Waals surface area (Å²) < 4.78 is 23.4. The molecule has 94 valence electrons. The van der Waals surface area contributed by atoms with Gasteiger partial charge in [0.2, 0.25) is 0 Å². The number of nitrogens with two attached hydrogens (primary N) is 2. The molecule has 1 aliphatic carbocycles. The molecule has 0 radical (unpaired) electrons. The lowest BCUT2D eigenvalue weighted by molar-refractivity contribution is 0.591. The Kier molecular flexibility index (Phi) is 2.80. The predicted molar refractivity (Wildman–Crippen MR) is 68.5 cm³/mol. The molecule has 4 nitrogen and oxygen atoms in total. The van der Waals surface area contributed by atoms with E-state index in [-0.39, 0.29) is 12.5 Å². The van der Waals surface area contributed by atoms with Gasteiger partial charge < -0.3 is 11.5 Å². The minimum Gasteiger partial charge on any atom is -0.329 e. The van der Waals surface area contributed by atoms with E-state index in [0.29, 0.717) is 0 Å². The number of aryl methyl sites for hydroxylation is 1. The highest BCUT2D eigenvalue weighted by Crippen LogP contribution is 2.53. The molecule has 3 atom stereocenters. The molecule has 2 rings (SSSR count). The Morgan fingerprint density at radius 3 is 2.18 bits per heavy atom. The van der Waals surface area contributed by atoms with Gasteiger partial charge in [0.15, 0.2) is 9.84 Å². The first-order valence-electron chi connectivity index (χ1n) is 5.55. The van der Waals surface area contributed by atoms with Crippen molar-refractivity contribution in [3.05, 3.63) is 35.4 Å². The Hall–Kier alpha value is -0.910. The van der Waals surface area contributed by atoms with E-state index < -0.39 is 20.6 Å². The molecule has 0 bridgehead atoms. The normalized spacial score (nSPS) is 32.5. The standard InChI is InChI=1S/C12H18N2O2S/c1-8-3-5-9(6-4-8)10-11(17(2,15)16)12(10,14)7-13/h3-6,10-11H,7,13-14H2,1-2H3/t10-,11-,12-/m1/s1. The van der Waals surface area contributed by atoms with E-state index in [1.165, 1.54) is 6.26 Å². The quantitative estimate of drug-likeness (QED) is 0.804. The van der Waals surface area contributed by atoms with Crippen LogP contribution in [0.2, 0.25) is 0 Å². The lowest BCUT2D eigenvalue weighted by atomic mass is 10.1. The van der Waals surface area contributed by atoms with Crippen molar-refractivity contribution in [3.63, 3.8) is 0 Å². The van der Waals surface area contributed by atoms with E-state index in [4.69, 9.17) is 11.5 Å². The van der Waals surface area contributed by atoms with Gasteiger partial charge in [-0.15, -0.1) is 0 Å². The fraction of sp³-hybridized carbons (Fsp3) is 0.500. The molecule has 1 aromatic rings. The topological polar surface area (TPSA) is 86.2 Å². The maximum atomic E-state index is 11.7. The average Bonchev–Trinajstić information content (AvgIpc) is 2.87. The molecule has 1 aromatic carbocycles. The van der Waals surface area contributed by atoms with Crippen LogP contribution in [0, 0.1) is 6.92 Å². The van der Waals surface area contributed by atoms with Crippen molar-refractivity contribution in [1.82, 2.24) is 0 Å². The molecule has 0 aromatic heterocycles. The van der Waals surface area contributed by atoms with Crippen LogP contribution >= 0.6 is 0 Å². The largest absolute Gasteiger partial charge is 0.329 e. The van der Waals surface area contributed by atoms with Gasteiger partial charge in [-0.2, -0.15) is 0 Å². The zero-order chi connectivity index (χ0) is 12.8. The SMILES string of the molecule is Cc1ccc([C@@H]2[C@@H](S(C)(=O)=O)[C@@]2(N)CN)cc1. The van der Waals surface area contributed by atoms with Crippen LogP contribution in [0.4, 0.5) is 0 Å². The third-order valence-electron chi connectivity index (χ3n) is 3.55. The highest BCUT2D eigenvalue weighted by Gasteiger charge is 2.67. The van der Waals surface area contributed by atoms with E-state index in [9.17, 15) is 8.42 Å². The number of sulfone groups is 1. The van der Waals surface area contributed by atoms with Crippen LogP contribution in [0.25, 0.3) is 0 Å². The molecular formula is C12H18N2O2S. The summed E-state index contributed by atoms with van der Waals surface area (Å²) in [5.74, 6) is -0.178. The molecule has 1 fully saturated rings. The minimum atomic E-state index is -3.16. The molecule has 1 saturated carbocycles. The van der Waals surface area contributed by atoms with Crippen LogP contribution < -0.4 is 11.5 Å². The van der Waals surface area contributed by atoms with Crippen LogP contribution in [0.1, 0.15) is 17.0 Å². The summed E-state index contributed by atoms with van der Waals surface area (Å²) in [6, 6.07) is 7.79. The van der Waals surface area contributed by atoms with E-state index in [1.807, 2.05) is 31.2 Å². The highest BCUT2D eigenvalue weighted by atomic mass is 32.2. The van der Waals surface area contributed by atoms with Crippen molar-refractivity contribution in [2.45, 2.75) is 23.6 Å². The second kappa shape index (κ2) is 3.80. The molecule has 0 aliphatic heterocycles. The van der Waals surface area contributed by atoms with Crippen molar-refractivity contribution in [3.8, 4) is 0 Å². The van der Waals surface area contributed by atoms with Gasteiger partial charge in [0.25, 0.3) is 0 Å². The maximum absolute atomic E-state index is 11.7. The first-order valence-corrected chi connectivity index (χ1v) is 7.50. The second-order valence-corrected chi connectivity index (χ2v) is 7.12. The third-order valence-corrected chi connectivity index (χ3v) is 5.19. The van der Waals surface area contributed by atoms with Crippen LogP contribution in [0.3, 0.4) is 0 Å². The molecule has 1 aliphatic rings.